The van der Waals surface area contributed by atoms with Crippen molar-refractivity contribution in [1.29, 1.82) is 10.5 Å². The number of hydrogen-bond donors (Lipinski definition) is 1. The van der Waals surface area contributed by atoms with Gasteiger partial charge in [-0.15, -0.1) is 0 Å². The van der Waals surface area contributed by atoms with Crippen LogP contribution in [0.25, 0.3) is 0 Å². The van der Waals surface area contributed by atoms with Gasteiger partial charge in [-0.2, -0.15) is 10.5 Å². The summed E-state index contributed by atoms with van der Waals surface area (Å²) in [6.45, 7) is 5.83. The van der Waals surface area contributed by atoms with E-state index >= 15 is 0 Å². The Morgan fingerprint density at radius 3 is 2.62 bits per heavy atom. The molecule has 0 aromatic heterocycles. The molecule has 0 aliphatic heterocycles. The third kappa shape index (κ3) is 3.74. The van der Waals surface area contributed by atoms with E-state index in [2.05, 4.69) is 16.9 Å². The summed E-state index contributed by atoms with van der Waals surface area (Å²) in [4.78, 5) is 3.74. The number of nitriles is 2. The molecule has 0 rings (SSSR count). The van der Waals surface area contributed by atoms with Crippen LogP contribution in [0.4, 0.5) is 0 Å². The van der Waals surface area contributed by atoms with E-state index in [-0.39, 0.29) is 11.4 Å². The van der Waals surface area contributed by atoms with Crippen molar-refractivity contribution in [1.82, 2.24) is 5.32 Å². The third-order valence-corrected chi connectivity index (χ3v) is 1.12. The van der Waals surface area contributed by atoms with Crippen LogP contribution >= 0.6 is 0 Å². The highest BCUT2D eigenvalue weighted by Gasteiger charge is 2.01. The van der Waals surface area contributed by atoms with E-state index in [0.717, 1.165) is 0 Å². The maximum Gasteiger partial charge on any atom is 0.174 e. The Morgan fingerprint density at radius 2 is 2.23 bits per heavy atom. The quantitative estimate of drug-likeness (QED) is 0.512. The first kappa shape index (κ1) is 10.9. The van der Waals surface area contributed by atoms with Gasteiger partial charge in [0.2, 0.25) is 0 Å². The summed E-state index contributed by atoms with van der Waals surface area (Å²) in [5, 5.41) is 20.0. The molecule has 13 heavy (non-hydrogen) atoms. The van der Waals surface area contributed by atoms with Gasteiger partial charge in [0.1, 0.15) is 12.1 Å². The molecule has 0 fully saturated rings. The highest BCUT2D eigenvalue weighted by Crippen LogP contribution is 2.00. The summed E-state index contributed by atoms with van der Waals surface area (Å²) in [5.74, 6) is 0. The zero-order chi connectivity index (χ0) is 10.1. The van der Waals surface area contributed by atoms with Crippen LogP contribution in [0.15, 0.2) is 29.0 Å². The van der Waals surface area contributed by atoms with Gasteiger partial charge < -0.3 is 5.32 Å². The maximum atomic E-state index is 8.64. The molecule has 0 amide bonds. The third-order valence-electron chi connectivity index (χ3n) is 1.12. The summed E-state index contributed by atoms with van der Waals surface area (Å²) in [7, 11) is 0. The first-order chi connectivity index (χ1) is 6.29. The molecule has 0 aliphatic carbocycles. The van der Waals surface area contributed by atoms with Crippen LogP contribution in [0.3, 0.4) is 0 Å². The summed E-state index contributed by atoms with van der Waals surface area (Å²) in [6.07, 6.45) is 2.81. The average Bonchev–Trinajstić information content (AvgIpc) is 2.17. The zero-order valence-electron chi connectivity index (χ0n) is 7.41. The molecule has 0 heterocycles. The molecular weight excluding hydrogens is 164 g/mol. The molecule has 0 aromatic rings. The first-order valence-corrected chi connectivity index (χ1v) is 3.73. The number of nitrogens with one attached hydrogen (secondary N) is 1. The fraction of sp³-hybridized carbons (Fsp3) is 0.222. The van der Waals surface area contributed by atoms with Crippen LogP contribution in [-0.4, -0.2) is 12.8 Å². The summed E-state index contributed by atoms with van der Waals surface area (Å²) in [5.41, 5.74) is 0.257. The van der Waals surface area contributed by atoms with Gasteiger partial charge in [-0.1, -0.05) is 12.7 Å². The molecule has 0 radical (unpaired) electrons. The lowest BCUT2D eigenvalue weighted by Crippen LogP contribution is -2.12. The monoisotopic (exact) mass is 174 g/mol. The Balaban J connectivity index is 4.87. The molecule has 4 nitrogen and oxygen atoms in total. The fourth-order valence-electron chi connectivity index (χ4n) is 0.630. The molecule has 0 atom stereocenters. The highest BCUT2D eigenvalue weighted by molar-refractivity contribution is 5.72. The van der Waals surface area contributed by atoms with Gasteiger partial charge in [-0.3, -0.25) is 0 Å². The molecule has 1 N–H and O–H groups in total. The van der Waals surface area contributed by atoms with Crippen molar-refractivity contribution >= 4 is 6.21 Å². The molecule has 0 aliphatic rings. The first-order valence-electron chi connectivity index (χ1n) is 3.73. The number of allylic oxidation sites excluding steroid dienone is 3. The molecule has 0 bridgehead atoms. The van der Waals surface area contributed by atoms with E-state index in [1.54, 1.807) is 0 Å². The number of aliphatic imine (C=N–C) groups is 1. The minimum absolute atomic E-state index is 0.0734. The van der Waals surface area contributed by atoms with Crippen molar-refractivity contribution in [2.24, 2.45) is 4.99 Å². The molecule has 0 saturated heterocycles. The van der Waals surface area contributed by atoms with E-state index in [1.807, 2.05) is 19.1 Å². The van der Waals surface area contributed by atoms with Crippen LogP contribution in [-0.2, 0) is 0 Å². The minimum atomic E-state index is 0.0734. The van der Waals surface area contributed by atoms with Crippen LogP contribution in [0.1, 0.15) is 6.92 Å². The van der Waals surface area contributed by atoms with Gasteiger partial charge >= 0.3 is 0 Å². The van der Waals surface area contributed by atoms with Crippen LogP contribution < -0.4 is 5.32 Å². The standard InChI is InChI=1S/C9H10N4/c1-3-5-13-9(7-11)8(6-10)12-4-2/h3,5,12H,1,4H2,2H3/b9-8-,13-5+. The van der Waals surface area contributed by atoms with Crippen molar-refractivity contribution in [2.45, 2.75) is 6.92 Å². The Hall–Kier alpha value is -2.07. The largest absolute Gasteiger partial charge is 0.374 e. The minimum Gasteiger partial charge on any atom is -0.374 e. The second-order valence-electron chi connectivity index (χ2n) is 1.99. The van der Waals surface area contributed by atoms with Crippen molar-refractivity contribution in [3.05, 3.63) is 24.0 Å². The van der Waals surface area contributed by atoms with Crippen molar-refractivity contribution in [3.8, 4) is 12.1 Å². The lowest BCUT2D eigenvalue weighted by Gasteiger charge is -1.98. The molecule has 0 unspecified atom stereocenters. The Bertz CT molecular complexity index is 311. The normalized spacial score (nSPS) is 11.3. The highest BCUT2D eigenvalue weighted by atomic mass is 14.9. The summed E-state index contributed by atoms with van der Waals surface area (Å²) < 4.78 is 0. The lowest BCUT2D eigenvalue weighted by atomic mass is 10.3. The number of rotatable bonds is 4. The van der Waals surface area contributed by atoms with Crippen molar-refractivity contribution < 1.29 is 0 Å². The molecular formula is C9H10N4. The average molecular weight is 174 g/mol. The van der Waals surface area contributed by atoms with Crippen LogP contribution in [0.5, 0.6) is 0 Å². The molecule has 0 spiro atoms. The van der Waals surface area contributed by atoms with E-state index in [4.69, 9.17) is 10.5 Å². The Labute approximate surface area is 77.5 Å². The van der Waals surface area contributed by atoms with Crippen LogP contribution in [0, 0.1) is 22.7 Å². The molecule has 0 saturated carbocycles. The van der Waals surface area contributed by atoms with E-state index in [9.17, 15) is 0 Å². The van der Waals surface area contributed by atoms with E-state index in [1.165, 1.54) is 12.3 Å². The van der Waals surface area contributed by atoms with Crippen molar-refractivity contribution in [2.75, 3.05) is 6.54 Å². The lowest BCUT2D eigenvalue weighted by molar-refractivity contribution is 0.871. The van der Waals surface area contributed by atoms with Gasteiger partial charge in [0.05, 0.1) is 0 Å². The van der Waals surface area contributed by atoms with Gasteiger partial charge in [-0.25, -0.2) is 4.99 Å². The number of hydrogen-bond acceptors (Lipinski definition) is 4. The van der Waals surface area contributed by atoms with E-state index < -0.39 is 0 Å². The summed E-state index contributed by atoms with van der Waals surface area (Å²) in [6, 6.07) is 3.68. The SMILES string of the molecule is C=C/C=N/C(C#N)=C(/C#N)NCC. The maximum absolute atomic E-state index is 8.64. The number of nitrogens with zero attached hydrogens (tertiary/aromatic N) is 3. The second-order valence-corrected chi connectivity index (χ2v) is 1.99. The Kier molecular flexibility index (Phi) is 5.57. The summed E-state index contributed by atoms with van der Waals surface area (Å²) >= 11 is 0. The van der Waals surface area contributed by atoms with Gasteiger partial charge in [0.25, 0.3) is 0 Å². The topological polar surface area (TPSA) is 72.0 Å². The van der Waals surface area contributed by atoms with Crippen molar-refractivity contribution in [3.63, 3.8) is 0 Å². The van der Waals surface area contributed by atoms with Crippen LogP contribution in [0.2, 0.25) is 0 Å². The van der Waals surface area contributed by atoms with Gasteiger partial charge in [-0.05, 0) is 6.92 Å². The predicted octanol–water partition coefficient (Wildman–Crippen LogP) is 1.11. The molecule has 66 valence electrons. The fourth-order valence-corrected chi connectivity index (χ4v) is 0.630. The molecule has 0 aromatic carbocycles. The van der Waals surface area contributed by atoms with E-state index in [0.29, 0.717) is 6.54 Å². The zero-order valence-corrected chi connectivity index (χ0v) is 7.41. The van der Waals surface area contributed by atoms with Gasteiger partial charge in [0.15, 0.2) is 11.4 Å². The Morgan fingerprint density at radius 1 is 1.54 bits per heavy atom. The second kappa shape index (κ2) is 6.63. The predicted molar refractivity (Wildman–Crippen MR) is 50.6 cm³/mol. The smallest absolute Gasteiger partial charge is 0.174 e. The van der Waals surface area contributed by atoms with Gasteiger partial charge in [0, 0.05) is 12.8 Å². The molecule has 4 heteroatoms.